The zero-order chi connectivity index (χ0) is 11.6. The van der Waals surface area contributed by atoms with Crippen LogP contribution in [0.5, 0.6) is 0 Å². The largest absolute Gasteiger partial charge is 0.346 e. The van der Waals surface area contributed by atoms with E-state index in [4.69, 9.17) is 0 Å². The van der Waals surface area contributed by atoms with Crippen molar-refractivity contribution in [2.45, 2.75) is 32.7 Å². The summed E-state index contributed by atoms with van der Waals surface area (Å²) in [6.45, 7) is 2.52. The first-order chi connectivity index (χ1) is 6.93. The van der Waals surface area contributed by atoms with E-state index in [1.165, 1.54) is 13.8 Å². The highest BCUT2D eigenvalue weighted by molar-refractivity contribution is 6.21. The van der Waals surface area contributed by atoms with Gasteiger partial charge in [0.05, 0.1) is 6.04 Å². The van der Waals surface area contributed by atoms with Crippen LogP contribution in [0.2, 0.25) is 0 Å². The Bertz CT molecular complexity index is 334. The number of nitrogens with one attached hydrogen (secondary N) is 1. The van der Waals surface area contributed by atoms with E-state index in [1.54, 1.807) is 0 Å². The van der Waals surface area contributed by atoms with Gasteiger partial charge in [0.1, 0.15) is 11.7 Å². The first-order valence-electron chi connectivity index (χ1n) is 4.77. The molecular formula is C10H13NO4. The number of rotatable bonds is 2. The molecule has 0 saturated heterocycles. The molecule has 2 unspecified atom stereocenters. The molecule has 0 radical (unpaired) electrons. The summed E-state index contributed by atoms with van der Waals surface area (Å²) in [6.07, 6.45) is 0.460. The van der Waals surface area contributed by atoms with Crippen molar-refractivity contribution in [3.63, 3.8) is 0 Å². The molecule has 1 N–H and O–H groups in total. The fraction of sp³-hybridized carbons (Fsp3) is 0.600. The number of Topliss-reactive ketones (excluding diaryl/α,β-unsaturated/α-hetero) is 3. The van der Waals surface area contributed by atoms with Gasteiger partial charge in [-0.2, -0.15) is 0 Å². The molecule has 15 heavy (non-hydrogen) atoms. The fourth-order valence-corrected chi connectivity index (χ4v) is 1.75. The number of amides is 1. The van der Waals surface area contributed by atoms with Crippen molar-refractivity contribution < 1.29 is 19.2 Å². The van der Waals surface area contributed by atoms with Crippen LogP contribution in [0.1, 0.15) is 26.7 Å². The van der Waals surface area contributed by atoms with Gasteiger partial charge in [-0.15, -0.1) is 0 Å². The highest BCUT2D eigenvalue weighted by atomic mass is 16.2. The van der Waals surface area contributed by atoms with E-state index >= 15 is 0 Å². The number of hydrogen-bond acceptors (Lipinski definition) is 4. The van der Waals surface area contributed by atoms with E-state index < -0.39 is 23.5 Å². The summed E-state index contributed by atoms with van der Waals surface area (Å²) in [5.74, 6) is -2.76. The monoisotopic (exact) mass is 211 g/mol. The average molecular weight is 211 g/mol. The third kappa shape index (κ3) is 2.49. The minimum absolute atomic E-state index is 0.168. The maximum absolute atomic E-state index is 11.7. The molecule has 2 atom stereocenters. The van der Waals surface area contributed by atoms with Crippen LogP contribution < -0.4 is 5.32 Å². The third-order valence-electron chi connectivity index (χ3n) is 2.41. The van der Waals surface area contributed by atoms with Crippen LogP contribution in [0.3, 0.4) is 0 Å². The summed E-state index contributed by atoms with van der Waals surface area (Å²) in [4.78, 5) is 44.9. The smallest absolute Gasteiger partial charge is 0.217 e. The van der Waals surface area contributed by atoms with Crippen LogP contribution >= 0.6 is 0 Å². The van der Waals surface area contributed by atoms with Crippen molar-refractivity contribution in [2.24, 2.45) is 5.92 Å². The Kier molecular flexibility index (Phi) is 3.34. The van der Waals surface area contributed by atoms with Crippen molar-refractivity contribution >= 4 is 23.3 Å². The van der Waals surface area contributed by atoms with Crippen LogP contribution in [-0.4, -0.2) is 29.3 Å². The minimum Gasteiger partial charge on any atom is -0.346 e. The molecule has 0 aliphatic heterocycles. The topological polar surface area (TPSA) is 80.3 Å². The Morgan fingerprint density at radius 3 is 2.33 bits per heavy atom. The Morgan fingerprint density at radius 1 is 1.27 bits per heavy atom. The molecule has 0 aromatic rings. The molecule has 1 amide bonds. The molecule has 0 heterocycles. The molecule has 0 aromatic carbocycles. The number of carbonyl (C=O) groups excluding carboxylic acids is 4. The first kappa shape index (κ1) is 11.6. The summed E-state index contributed by atoms with van der Waals surface area (Å²) < 4.78 is 0. The van der Waals surface area contributed by atoms with Crippen LogP contribution in [0, 0.1) is 5.92 Å². The number of ketones is 3. The number of hydrogen-bond donors (Lipinski definition) is 1. The quantitative estimate of drug-likeness (QED) is 0.632. The first-order valence-corrected chi connectivity index (χ1v) is 4.77. The summed E-state index contributed by atoms with van der Waals surface area (Å²) in [6, 6.07) is -0.686. The maximum Gasteiger partial charge on any atom is 0.217 e. The second-order valence-electron chi connectivity index (χ2n) is 3.70. The zero-order valence-electron chi connectivity index (χ0n) is 8.70. The van der Waals surface area contributed by atoms with Gasteiger partial charge in [-0.1, -0.05) is 0 Å². The zero-order valence-corrected chi connectivity index (χ0v) is 8.70. The maximum atomic E-state index is 11.7. The van der Waals surface area contributed by atoms with Gasteiger partial charge in [-0.25, -0.2) is 0 Å². The lowest BCUT2D eigenvalue weighted by molar-refractivity contribution is -0.144. The van der Waals surface area contributed by atoms with Gasteiger partial charge in [-0.05, 0) is 13.3 Å². The lowest BCUT2D eigenvalue weighted by Crippen LogP contribution is -2.50. The second kappa shape index (κ2) is 4.33. The molecule has 5 nitrogen and oxygen atoms in total. The molecule has 0 spiro atoms. The van der Waals surface area contributed by atoms with Crippen molar-refractivity contribution in [1.82, 2.24) is 5.32 Å². The normalized spacial score (nSPS) is 26.3. The van der Waals surface area contributed by atoms with Crippen LogP contribution in [0.4, 0.5) is 0 Å². The molecule has 0 bridgehead atoms. The molecule has 1 aliphatic carbocycles. The van der Waals surface area contributed by atoms with Crippen molar-refractivity contribution in [2.75, 3.05) is 0 Å². The average Bonchev–Trinajstić information content (AvgIpc) is 2.09. The Labute approximate surface area is 87.2 Å². The van der Waals surface area contributed by atoms with Crippen LogP contribution in [0.15, 0.2) is 0 Å². The van der Waals surface area contributed by atoms with E-state index in [-0.39, 0.29) is 18.1 Å². The highest BCUT2D eigenvalue weighted by Gasteiger charge is 2.40. The summed E-state index contributed by atoms with van der Waals surface area (Å²) >= 11 is 0. The van der Waals surface area contributed by atoms with Gasteiger partial charge < -0.3 is 5.32 Å². The van der Waals surface area contributed by atoms with Gasteiger partial charge in [0, 0.05) is 13.3 Å². The molecule has 82 valence electrons. The lowest BCUT2D eigenvalue weighted by atomic mass is 9.81. The lowest BCUT2D eigenvalue weighted by Gasteiger charge is -2.25. The molecule has 0 aromatic heterocycles. The Balaban J connectivity index is 2.81. The molecule has 1 fully saturated rings. The van der Waals surface area contributed by atoms with E-state index in [9.17, 15) is 19.2 Å². The van der Waals surface area contributed by atoms with E-state index in [0.717, 1.165) is 0 Å². The molecule has 5 heteroatoms. The van der Waals surface area contributed by atoms with Crippen molar-refractivity contribution in [1.29, 1.82) is 0 Å². The van der Waals surface area contributed by atoms with E-state index in [0.29, 0.717) is 6.42 Å². The van der Waals surface area contributed by atoms with Crippen molar-refractivity contribution in [3.05, 3.63) is 0 Å². The van der Waals surface area contributed by atoms with Gasteiger partial charge >= 0.3 is 0 Å². The van der Waals surface area contributed by atoms with Gasteiger partial charge in [0.15, 0.2) is 11.6 Å². The predicted molar refractivity (Wildman–Crippen MR) is 51.0 cm³/mol. The molecule has 1 aliphatic rings. The Morgan fingerprint density at radius 2 is 1.87 bits per heavy atom. The van der Waals surface area contributed by atoms with E-state index in [2.05, 4.69) is 5.32 Å². The number of carbonyl (C=O) groups is 4. The fourth-order valence-electron chi connectivity index (χ4n) is 1.75. The Hall–Kier alpha value is -1.52. The molecule has 1 rings (SSSR count). The highest BCUT2D eigenvalue weighted by Crippen LogP contribution is 2.18. The molecular weight excluding hydrogens is 198 g/mol. The predicted octanol–water partition coefficient (Wildman–Crippen LogP) is -0.372. The van der Waals surface area contributed by atoms with Gasteiger partial charge in [0.25, 0.3) is 0 Å². The molecule has 1 saturated carbocycles. The standard InChI is InChI=1S/C10H13NO4/c1-5(12)9-8(14)4-3-7(10(9)15)11-6(2)13/h7,9H,3-4H2,1-2H3,(H,11,13). The van der Waals surface area contributed by atoms with Gasteiger partial charge in [-0.3, -0.25) is 19.2 Å². The van der Waals surface area contributed by atoms with Crippen LogP contribution in [0.25, 0.3) is 0 Å². The van der Waals surface area contributed by atoms with Gasteiger partial charge in [0.2, 0.25) is 5.91 Å². The van der Waals surface area contributed by atoms with Crippen LogP contribution in [-0.2, 0) is 19.2 Å². The minimum atomic E-state index is -1.17. The SMILES string of the molecule is CC(=O)NC1CCC(=O)C(C(C)=O)C1=O. The third-order valence-corrected chi connectivity index (χ3v) is 2.41. The van der Waals surface area contributed by atoms with Crippen molar-refractivity contribution in [3.8, 4) is 0 Å². The van der Waals surface area contributed by atoms with E-state index in [1.807, 2.05) is 0 Å². The summed E-state index contributed by atoms with van der Waals surface area (Å²) in [5.41, 5.74) is 0. The second-order valence-corrected chi connectivity index (χ2v) is 3.70. The summed E-state index contributed by atoms with van der Waals surface area (Å²) in [5, 5.41) is 2.44. The summed E-state index contributed by atoms with van der Waals surface area (Å²) in [7, 11) is 0.